The Bertz CT molecular complexity index is 536. The Balaban J connectivity index is 2.18. The molecule has 0 spiro atoms. The molecule has 0 aliphatic heterocycles. The lowest BCUT2D eigenvalue weighted by molar-refractivity contribution is 0.623. The van der Waals surface area contributed by atoms with Gasteiger partial charge in [0.05, 0.1) is 0 Å². The predicted molar refractivity (Wildman–Crippen MR) is 72.4 cm³/mol. The molecule has 0 amide bonds. The molecule has 0 fully saturated rings. The van der Waals surface area contributed by atoms with Gasteiger partial charge in [-0.3, -0.25) is 0 Å². The minimum Gasteiger partial charge on any atom is -0.350 e. The molecule has 1 atom stereocenters. The van der Waals surface area contributed by atoms with Gasteiger partial charge < -0.3 is 9.88 Å². The number of aromatic nitrogens is 1. The van der Waals surface area contributed by atoms with Gasteiger partial charge >= 0.3 is 0 Å². The average molecular weight is 267 g/mol. The molecule has 0 saturated carbocycles. The van der Waals surface area contributed by atoms with E-state index in [4.69, 9.17) is 11.6 Å². The number of nitrogens with zero attached hydrogens (tertiary/aromatic N) is 1. The van der Waals surface area contributed by atoms with Crippen molar-refractivity contribution in [3.05, 3.63) is 58.6 Å². The van der Waals surface area contributed by atoms with Crippen LogP contribution in [0.2, 0.25) is 5.02 Å². The van der Waals surface area contributed by atoms with Crippen molar-refractivity contribution in [2.24, 2.45) is 0 Å². The van der Waals surface area contributed by atoms with E-state index in [0.717, 1.165) is 5.56 Å². The molecule has 18 heavy (non-hydrogen) atoms. The Hall–Kier alpha value is -1.32. The van der Waals surface area contributed by atoms with E-state index in [9.17, 15) is 4.39 Å². The highest BCUT2D eigenvalue weighted by molar-refractivity contribution is 6.31. The summed E-state index contributed by atoms with van der Waals surface area (Å²) in [7, 11) is 1.92. The Morgan fingerprint density at radius 3 is 2.89 bits per heavy atom. The van der Waals surface area contributed by atoms with Gasteiger partial charge in [0.15, 0.2) is 0 Å². The van der Waals surface area contributed by atoms with E-state index in [2.05, 4.69) is 12.2 Å². The van der Waals surface area contributed by atoms with Crippen molar-refractivity contribution in [1.29, 1.82) is 0 Å². The molecule has 0 aliphatic rings. The van der Waals surface area contributed by atoms with Crippen molar-refractivity contribution in [2.75, 3.05) is 7.05 Å². The molecule has 1 aromatic carbocycles. The molecule has 0 saturated heterocycles. The molecule has 2 aromatic rings. The highest BCUT2D eigenvalue weighted by Gasteiger charge is 2.06. The molecule has 1 unspecified atom stereocenters. The van der Waals surface area contributed by atoms with Gasteiger partial charge in [-0.25, -0.2) is 4.39 Å². The van der Waals surface area contributed by atoms with Crippen LogP contribution in [0.15, 0.2) is 36.7 Å². The Morgan fingerprint density at radius 2 is 2.17 bits per heavy atom. The van der Waals surface area contributed by atoms with Crippen LogP contribution in [0.4, 0.5) is 4.39 Å². The quantitative estimate of drug-likeness (QED) is 0.895. The summed E-state index contributed by atoms with van der Waals surface area (Å²) in [4.78, 5) is 0. The number of benzene rings is 1. The molecule has 4 heteroatoms. The first-order valence-corrected chi connectivity index (χ1v) is 6.25. The lowest BCUT2D eigenvalue weighted by atomic mass is 10.2. The van der Waals surface area contributed by atoms with E-state index in [0.29, 0.717) is 17.6 Å². The van der Waals surface area contributed by atoms with Crippen LogP contribution < -0.4 is 5.32 Å². The van der Waals surface area contributed by atoms with Crippen LogP contribution in [0, 0.1) is 5.82 Å². The average Bonchev–Trinajstić information content (AvgIpc) is 2.81. The van der Waals surface area contributed by atoms with Crippen molar-refractivity contribution in [3.63, 3.8) is 0 Å². The summed E-state index contributed by atoms with van der Waals surface area (Å²) in [5.74, 6) is -0.259. The molecular formula is C14H16ClFN2. The maximum absolute atomic E-state index is 13.2. The van der Waals surface area contributed by atoms with Crippen molar-refractivity contribution in [1.82, 2.24) is 9.88 Å². The number of rotatable bonds is 4. The van der Waals surface area contributed by atoms with Gasteiger partial charge in [0.2, 0.25) is 0 Å². The van der Waals surface area contributed by atoms with Gasteiger partial charge in [-0.05, 0) is 49.4 Å². The Kier molecular flexibility index (Phi) is 4.04. The van der Waals surface area contributed by atoms with Crippen molar-refractivity contribution in [3.8, 4) is 0 Å². The minimum atomic E-state index is -0.259. The van der Waals surface area contributed by atoms with E-state index < -0.39 is 0 Å². The zero-order chi connectivity index (χ0) is 13.1. The molecule has 1 N–H and O–H groups in total. The van der Waals surface area contributed by atoms with Gasteiger partial charge in [-0.2, -0.15) is 0 Å². The number of hydrogen-bond acceptors (Lipinski definition) is 1. The summed E-state index contributed by atoms with van der Waals surface area (Å²) in [5, 5.41) is 3.77. The summed E-state index contributed by atoms with van der Waals surface area (Å²) in [5.41, 5.74) is 1.99. The highest BCUT2D eigenvalue weighted by atomic mass is 35.5. The fourth-order valence-corrected chi connectivity index (χ4v) is 2.02. The van der Waals surface area contributed by atoms with E-state index in [1.165, 1.54) is 17.7 Å². The second-order valence-corrected chi connectivity index (χ2v) is 4.77. The fraction of sp³-hybridized carbons (Fsp3) is 0.286. The molecule has 2 rings (SSSR count). The van der Waals surface area contributed by atoms with Gasteiger partial charge in [-0.1, -0.05) is 11.6 Å². The van der Waals surface area contributed by atoms with Gasteiger partial charge in [0, 0.05) is 30.0 Å². The molecule has 96 valence electrons. The summed E-state index contributed by atoms with van der Waals surface area (Å²) >= 11 is 6.05. The number of nitrogens with one attached hydrogen (secondary N) is 1. The van der Waals surface area contributed by atoms with Crippen LogP contribution in [-0.2, 0) is 6.54 Å². The number of halogens is 2. The van der Waals surface area contributed by atoms with Crippen LogP contribution >= 0.6 is 11.6 Å². The molecule has 2 nitrogen and oxygen atoms in total. The van der Waals surface area contributed by atoms with Crippen molar-refractivity contribution in [2.45, 2.75) is 19.5 Å². The highest BCUT2D eigenvalue weighted by Crippen LogP contribution is 2.19. The standard InChI is InChI=1S/C14H16ClFN2/c1-10(17-2)11-5-6-18(8-11)9-12-7-13(16)3-4-14(12)15/h3-8,10,17H,9H2,1-2H3. The lowest BCUT2D eigenvalue weighted by Gasteiger charge is -2.08. The molecule has 0 aliphatic carbocycles. The summed E-state index contributed by atoms with van der Waals surface area (Å²) in [6, 6.07) is 6.79. The fourth-order valence-electron chi connectivity index (χ4n) is 1.84. The maximum Gasteiger partial charge on any atom is 0.123 e. The van der Waals surface area contributed by atoms with E-state index in [1.54, 1.807) is 6.07 Å². The predicted octanol–water partition coefficient (Wildman–Crippen LogP) is 3.61. The lowest BCUT2D eigenvalue weighted by Crippen LogP contribution is -2.11. The van der Waals surface area contributed by atoms with Crippen LogP contribution in [0.3, 0.4) is 0 Å². The third-order valence-electron chi connectivity index (χ3n) is 3.07. The first-order chi connectivity index (χ1) is 8.60. The second kappa shape index (κ2) is 5.55. The third-order valence-corrected chi connectivity index (χ3v) is 3.44. The largest absolute Gasteiger partial charge is 0.350 e. The molecular weight excluding hydrogens is 251 g/mol. The van der Waals surface area contributed by atoms with E-state index >= 15 is 0 Å². The zero-order valence-electron chi connectivity index (χ0n) is 10.5. The smallest absolute Gasteiger partial charge is 0.123 e. The van der Waals surface area contributed by atoms with Crippen LogP contribution in [0.5, 0.6) is 0 Å². The zero-order valence-corrected chi connectivity index (χ0v) is 11.2. The first kappa shape index (κ1) is 13.1. The summed E-state index contributed by atoms with van der Waals surface area (Å²) < 4.78 is 15.2. The molecule has 0 bridgehead atoms. The Morgan fingerprint density at radius 1 is 1.39 bits per heavy atom. The van der Waals surface area contributed by atoms with Crippen LogP contribution in [0.25, 0.3) is 0 Å². The topological polar surface area (TPSA) is 17.0 Å². The number of hydrogen-bond donors (Lipinski definition) is 1. The second-order valence-electron chi connectivity index (χ2n) is 4.36. The minimum absolute atomic E-state index is 0.259. The monoisotopic (exact) mass is 266 g/mol. The van der Waals surface area contributed by atoms with E-state index in [1.807, 2.05) is 30.1 Å². The van der Waals surface area contributed by atoms with Crippen LogP contribution in [0.1, 0.15) is 24.1 Å². The van der Waals surface area contributed by atoms with Gasteiger partial charge in [0.1, 0.15) is 5.82 Å². The summed E-state index contributed by atoms with van der Waals surface area (Å²) in [6.45, 7) is 2.67. The Labute approximate surface area is 111 Å². The summed E-state index contributed by atoms with van der Waals surface area (Å²) in [6.07, 6.45) is 4.02. The molecule has 0 radical (unpaired) electrons. The normalized spacial score (nSPS) is 12.7. The third kappa shape index (κ3) is 2.92. The maximum atomic E-state index is 13.2. The first-order valence-electron chi connectivity index (χ1n) is 5.87. The van der Waals surface area contributed by atoms with Crippen LogP contribution in [-0.4, -0.2) is 11.6 Å². The molecule has 1 aromatic heterocycles. The van der Waals surface area contributed by atoms with E-state index in [-0.39, 0.29) is 5.82 Å². The van der Waals surface area contributed by atoms with Crippen molar-refractivity contribution < 1.29 is 4.39 Å². The van der Waals surface area contributed by atoms with Crippen molar-refractivity contribution >= 4 is 11.6 Å². The molecule has 1 heterocycles. The SMILES string of the molecule is CNC(C)c1ccn(Cc2cc(F)ccc2Cl)c1. The van der Waals surface area contributed by atoms with Gasteiger partial charge in [0.25, 0.3) is 0 Å². The van der Waals surface area contributed by atoms with Gasteiger partial charge in [-0.15, -0.1) is 0 Å².